The summed E-state index contributed by atoms with van der Waals surface area (Å²) in [5.74, 6) is 0. The van der Waals surface area contributed by atoms with Crippen LogP contribution in [0.15, 0.2) is 30.3 Å². The maximum absolute atomic E-state index is 11.1. The number of alkyl carbamates (subject to hydrolysis) is 1. The van der Waals surface area contributed by atoms with E-state index in [4.69, 9.17) is 4.74 Å². The van der Waals surface area contributed by atoms with Gasteiger partial charge in [-0.15, -0.1) is 0 Å². The lowest BCUT2D eigenvalue weighted by molar-refractivity contribution is 0.171. The summed E-state index contributed by atoms with van der Waals surface area (Å²) in [6.45, 7) is 2.47. The lowest BCUT2D eigenvalue weighted by Gasteiger charge is -2.25. The fourth-order valence-electron chi connectivity index (χ4n) is 1.76. The highest BCUT2D eigenvalue weighted by atomic mass is 16.6. The first-order valence-electron chi connectivity index (χ1n) is 4.77. The van der Waals surface area contributed by atoms with E-state index in [1.165, 1.54) is 0 Å². The molecule has 0 unspecified atom stereocenters. The maximum Gasteiger partial charge on any atom is 0.408 e. The topological polar surface area (TPSA) is 38.3 Å². The summed E-state index contributed by atoms with van der Waals surface area (Å²) in [5.41, 5.74) is 0.784. The molecule has 0 radical (unpaired) electrons. The summed E-state index contributed by atoms with van der Waals surface area (Å²) in [5, 5.41) is 2.87. The van der Waals surface area contributed by atoms with Crippen molar-refractivity contribution in [2.75, 3.05) is 6.61 Å². The molecule has 1 aromatic carbocycles. The Labute approximate surface area is 83.1 Å². The van der Waals surface area contributed by atoms with Gasteiger partial charge in [-0.05, 0) is 12.0 Å². The van der Waals surface area contributed by atoms with Crippen LogP contribution in [0.25, 0.3) is 0 Å². The van der Waals surface area contributed by atoms with E-state index in [2.05, 4.69) is 5.32 Å². The number of carbonyl (C=O) groups excluding carboxylic acids is 1. The number of carbonyl (C=O) groups is 1. The fraction of sp³-hybridized carbons (Fsp3) is 0.364. The van der Waals surface area contributed by atoms with E-state index in [0.717, 1.165) is 12.0 Å². The first-order valence-corrected chi connectivity index (χ1v) is 4.77. The minimum absolute atomic E-state index is 0.321. The molecule has 0 aromatic heterocycles. The van der Waals surface area contributed by atoms with Crippen LogP contribution in [0, 0.1) is 0 Å². The molecule has 1 saturated heterocycles. The number of nitrogens with one attached hydrogen (secondary N) is 1. The van der Waals surface area contributed by atoms with Crippen molar-refractivity contribution in [3.8, 4) is 0 Å². The number of hydrogen-bond acceptors (Lipinski definition) is 2. The summed E-state index contributed by atoms with van der Waals surface area (Å²) < 4.78 is 4.96. The van der Waals surface area contributed by atoms with Crippen molar-refractivity contribution in [2.24, 2.45) is 0 Å². The summed E-state index contributed by atoms with van der Waals surface area (Å²) in [7, 11) is 0. The Hall–Kier alpha value is -1.51. The van der Waals surface area contributed by atoms with Gasteiger partial charge in [0, 0.05) is 0 Å². The van der Waals surface area contributed by atoms with Crippen molar-refractivity contribution >= 4 is 6.09 Å². The zero-order valence-electron chi connectivity index (χ0n) is 8.12. The minimum Gasteiger partial charge on any atom is -0.447 e. The van der Waals surface area contributed by atoms with Gasteiger partial charge in [0.05, 0.1) is 0 Å². The Kier molecular flexibility index (Phi) is 2.15. The normalized spacial score (nSPS) is 25.6. The standard InChI is InChI=1S/C11H13NO2/c1-2-11(8-14-10(13)12-11)9-6-4-3-5-7-9/h3-7H,2,8H2,1H3,(H,12,13)/t11-/m1/s1. The molecule has 1 amide bonds. The van der Waals surface area contributed by atoms with Crippen LogP contribution in [-0.2, 0) is 10.3 Å². The third kappa shape index (κ3) is 1.35. The van der Waals surface area contributed by atoms with E-state index >= 15 is 0 Å². The van der Waals surface area contributed by atoms with Crippen LogP contribution in [-0.4, -0.2) is 12.7 Å². The van der Waals surface area contributed by atoms with Gasteiger partial charge in [-0.3, -0.25) is 0 Å². The van der Waals surface area contributed by atoms with Crippen molar-refractivity contribution in [1.29, 1.82) is 0 Å². The number of cyclic esters (lactones) is 1. The number of benzene rings is 1. The third-order valence-electron chi connectivity index (χ3n) is 2.72. The van der Waals surface area contributed by atoms with E-state index < -0.39 is 0 Å². The predicted molar refractivity (Wildman–Crippen MR) is 52.9 cm³/mol. The van der Waals surface area contributed by atoms with Gasteiger partial charge in [0.2, 0.25) is 0 Å². The average molecular weight is 191 g/mol. The van der Waals surface area contributed by atoms with Gasteiger partial charge in [0.25, 0.3) is 0 Å². The van der Waals surface area contributed by atoms with Crippen LogP contribution in [0.3, 0.4) is 0 Å². The van der Waals surface area contributed by atoms with Gasteiger partial charge in [-0.25, -0.2) is 4.79 Å². The zero-order valence-corrected chi connectivity index (χ0v) is 8.12. The molecule has 1 fully saturated rings. The molecule has 0 aliphatic carbocycles. The lowest BCUT2D eigenvalue weighted by Crippen LogP contribution is -2.39. The molecule has 0 spiro atoms. The molecule has 74 valence electrons. The van der Waals surface area contributed by atoms with Crippen LogP contribution in [0.2, 0.25) is 0 Å². The molecular weight excluding hydrogens is 178 g/mol. The molecule has 1 atom stereocenters. The van der Waals surface area contributed by atoms with Crippen LogP contribution in [0.5, 0.6) is 0 Å². The van der Waals surface area contributed by atoms with Gasteiger partial charge >= 0.3 is 6.09 Å². The Morgan fingerprint density at radius 1 is 1.43 bits per heavy atom. The van der Waals surface area contributed by atoms with Crippen LogP contribution in [0.1, 0.15) is 18.9 Å². The highest BCUT2D eigenvalue weighted by Gasteiger charge is 2.39. The van der Waals surface area contributed by atoms with E-state index in [9.17, 15) is 4.79 Å². The third-order valence-corrected chi connectivity index (χ3v) is 2.72. The largest absolute Gasteiger partial charge is 0.447 e. The van der Waals surface area contributed by atoms with Crippen molar-refractivity contribution in [1.82, 2.24) is 5.32 Å². The zero-order chi connectivity index (χ0) is 10.0. The molecule has 3 nitrogen and oxygen atoms in total. The Balaban J connectivity index is 2.34. The molecule has 3 heteroatoms. The SMILES string of the molecule is CC[C@]1(c2ccccc2)COC(=O)N1. The molecular formula is C11H13NO2. The number of ether oxygens (including phenoxy) is 1. The smallest absolute Gasteiger partial charge is 0.408 e. The number of amides is 1. The van der Waals surface area contributed by atoms with Crippen molar-refractivity contribution in [3.05, 3.63) is 35.9 Å². The summed E-state index contributed by atoms with van der Waals surface area (Å²) in [6, 6.07) is 9.93. The molecule has 2 rings (SSSR count). The van der Waals surface area contributed by atoms with Gasteiger partial charge < -0.3 is 10.1 Å². The van der Waals surface area contributed by atoms with E-state index in [1.54, 1.807) is 0 Å². The molecule has 1 heterocycles. The van der Waals surface area contributed by atoms with Crippen molar-refractivity contribution in [3.63, 3.8) is 0 Å². The van der Waals surface area contributed by atoms with Gasteiger partial charge in [-0.1, -0.05) is 37.3 Å². The summed E-state index contributed by atoms with van der Waals surface area (Å²) in [4.78, 5) is 11.1. The lowest BCUT2D eigenvalue weighted by atomic mass is 9.89. The number of rotatable bonds is 2. The Morgan fingerprint density at radius 2 is 2.14 bits per heavy atom. The second-order valence-electron chi connectivity index (χ2n) is 3.50. The molecule has 0 bridgehead atoms. The highest BCUT2D eigenvalue weighted by Crippen LogP contribution is 2.28. The van der Waals surface area contributed by atoms with Crippen LogP contribution >= 0.6 is 0 Å². The summed E-state index contributed by atoms with van der Waals surface area (Å²) in [6.07, 6.45) is 0.513. The first kappa shape index (κ1) is 9.06. The quantitative estimate of drug-likeness (QED) is 0.776. The molecule has 0 saturated carbocycles. The monoisotopic (exact) mass is 191 g/mol. The first-order chi connectivity index (χ1) is 6.77. The molecule has 1 aromatic rings. The van der Waals surface area contributed by atoms with E-state index in [0.29, 0.717) is 6.61 Å². The predicted octanol–water partition coefficient (Wildman–Crippen LogP) is 2.03. The fourth-order valence-corrected chi connectivity index (χ4v) is 1.76. The van der Waals surface area contributed by atoms with E-state index in [-0.39, 0.29) is 11.6 Å². The summed E-state index contributed by atoms with van der Waals surface area (Å²) >= 11 is 0. The van der Waals surface area contributed by atoms with Crippen LogP contribution < -0.4 is 5.32 Å². The molecule has 1 N–H and O–H groups in total. The van der Waals surface area contributed by atoms with E-state index in [1.807, 2.05) is 37.3 Å². The molecule has 1 aliphatic rings. The second-order valence-corrected chi connectivity index (χ2v) is 3.50. The van der Waals surface area contributed by atoms with Gasteiger partial charge in [0.1, 0.15) is 12.1 Å². The molecule has 1 aliphatic heterocycles. The minimum atomic E-state index is -0.323. The maximum atomic E-state index is 11.1. The highest BCUT2D eigenvalue weighted by molar-refractivity contribution is 5.71. The van der Waals surface area contributed by atoms with Gasteiger partial charge in [0.15, 0.2) is 0 Å². The average Bonchev–Trinajstić information content (AvgIpc) is 2.63. The van der Waals surface area contributed by atoms with Crippen LogP contribution in [0.4, 0.5) is 4.79 Å². The Morgan fingerprint density at radius 3 is 2.64 bits per heavy atom. The van der Waals surface area contributed by atoms with Crippen molar-refractivity contribution in [2.45, 2.75) is 18.9 Å². The van der Waals surface area contributed by atoms with Crippen molar-refractivity contribution < 1.29 is 9.53 Å². The second kappa shape index (κ2) is 3.33. The Bertz CT molecular complexity index is 336. The molecule has 14 heavy (non-hydrogen) atoms. The number of hydrogen-bond donors (Lipinski definition) is 1. The van der Waals surface area contributed by atoms with Gasteiger partial charge in [-0.2, -0.15) is 0 Å².